The Balaban J connectivity index is 1.43. The molecule has 1 amide bonds. The van der Waals surface area contributed by atoms with E-state index in [-0.39, 0.29) is 11.5 Å². The molecule has 1 fully saturated rings. The predicted molar refractivity (Wildman–Crippen MR) is 101 cm³/mol. The molecule has 0 saturated heterocycles. The third kappa shape index (κ3) is 3.83. The Labute approximate surface area is 159 Å². The van der Waals surface area contributed by atoms with Crippen molar-refractivity contribution in [3.8, 4) is 0 Å². The first-order chi connectivity index (χ1) is 13.1. The van der Waals surface area contributed by atoms with Crippen LogP contribution >= 0.6 is 11.3 Å². The van der Waals surface area contributed by atoms with E-state index in [1.54, 1.807) is 30.3 Å². The lowest BCUT2D eigenvalue weighted by Crippen LogP contribution is -2.15. The number of aromatic nitrogens is 2. The third-order valence-corrected chi connectivity index (χ3v) is 5.24. The van der Waals surface area contributed by atoms with Gasteiger partial charge in [-0.2, -0.15) is 0 Å². The average Bonchev–Trinajstić information content (AvgIpc) is 3.47. The van der Waals surface area contributed by atoms with E-state index in [2.05, 4.69) is 15.5 Å². The molecule has 1 aromatic heterocycles. The van der Waals surface area contributed by atoms with Gasteiger partial charge in [0, 0.05) is 22.6 Å². The molecular weight excluding hydrogens is 362 g/mol. The van der Waals surface area contributed by atoms with Crippen LogP contribution in [-0.4, -0.2) is 27.7 Å². The van der Waals surface area contributed by atoms with Crippen LogP contribution in [0.15, 0.2) is 54.6 Å². The van der Waals surface area contributed by atoms with Gasteiger partial charge >= 0.3 is 0 Å². The molecule has 0 unspecified atom stereocenters. The fourth-order valence-corrected chi connectivity index (χ4v) is 3.48. The van der Waals surface area contributed by atoms with Gasteiger partial charge in [0.25, 0.3) is 5.91 Å². The summed E-state index contributed by atoms with van der Waals surface area (Å²) >= 11 is 1.38. The Hall–Kier alpha value is -3.19. The fraction of sp³-hybridized carbons (Fsp3) is 0.150. The minimum absolute atomic E-state index is 0.243. The number of carbonyl (C=O) groups excluding carboxylic acids is 3. The molecule has 6 nitrogen and oxygen atoms in total. The van der Waals surface area contributed by atoms with Crippen LogP contribution in [0.5, 0.6) is 0 Å². The second kappa shape index (κ2) is 7.20. The van der Waals surface area contributed by atoms with E-state index in [0.29, 0.717) is 22.2 Å². The van der Waals surface area contributed by atoms with Gasteiger partial charge in [0.1, 0.15) is 5.01 Å². The Bertz CT molecular complexity index is 1010. The number of rotatable bonds is 6. The lowest BCUT2D eigenvalue weighted by molar-refractivity contribution is 0.0817. The average molecular weight is 377 g/mol. The van der Waals surface area contributed by atoms with Crippen molar-refractivity contribution < 1.29 is 14.4 Å². The number of nitrogens with zero attached hydrogens (tertiary/aromatic N) is 2. The maximum atomic E-state index is 12.3. The summed E-state index contributed by atoms with van der Waals surface area (Å²) < 4.78 is 0. The van der Waals surface area contributed by atoms with E-state index >= 15 is 0 Å². The maximum Gasteiger partial charge on any atom is 0.257 e. The highest BCUT2D eigenvalue weighted by Gasteiger charge is 2.27. The number of carbonyl (C=O) groups is 3. The minimum Gasteiger partial charge on any atom is -0.296 e. The zero-order chi connectivity index (χ0) is 18.8. The largest absolute Gasteiger partial charge is 0.296 e. The van der Waals surface area contributed by atoms with E-state index < -0.39 is 11.6 Å². The number of Topliss-reactive ketones (excluding diaryl/α,β-unsaturated/α-hetero) is 2. The molecule has 1 heterocycles. The molecule has 7 heteroatoms. The van der Waals surface area contributed by atoms with E-state index in [0.717, 1.165) is 17.8 Å². The summed E-state index contributed by atoms with van der Waals surface area (Å²) in [4.78, 5) is 36.9. The number of hydrogen-bond donors (Lipinski definition) is 1. The topological polar surface area (TPSA) is 89.0 Å². The molecular formula is C20H15N3O3S. The number of hydrogen-bond acceptors (Lipinski definition) is 6. The summed E-state index contributed by atoms with van der Waals surface area (Å²) in [5, 5.41) is 12.2. The first-order valence-electron chi connectivity index (χ1n) is 8.51. The number of ketones is 2. The van der Waals surface area contributed by atoms with Crippen LogP contribution in [0.2, 0.25) is 0 Å². The Morgan fingerprint density at radius 1 is 0.815 bits per heavy atom. The van der Waals surface area contributed by atoms with Crippen LogP contribution in [0, 0.1) is 0 Å². The molecule has 1 aliphatic rings. The molecule has 0 spiro atoms. The van der Waals surface area contributed by atoms with Crippen molar-refractivity contribution in [3.05, 3.63) is 76.3 Å². The smallest absolute Gasteiger partial charge is 0.257 e. The highest BCUT2D eigenvalue weighted by Crippen LogP contribution is 2.42. The summed E-state index contributed by atoms with van der Waals surface area (Å²) in [6, 6.07) is 14.4. The minimum atomic E-state index is -0.605. The van der Waals surface area contributed by atoms with Crippen LogP contribution in [-0.2, 0) is 0 Å². The lowest BCUT2D eigenvalue weighted by atomic mass is 10.0. The Morgan fingerprint density at radius 3 is 2.04 bits per heavy atom. The van der Waals surface area contributed by atoms with Gasteiger partial charge in [0.05, 0.1) is 0 Å². The highest BCUT2D eigenvalue weighted by atomic mass is 32.1. The monoisotopic (exact) mass is 377 g/mol. The van der Waals surface area contributed by atoms with Gasteiger partial charge in [-0.05, 0) is 25.0 Å². The summed E-state index contributed by atoms with van der Waals surface area (Å²) in [5.74, 6) is -1.02. The van der Waals surface area contributed by atoms with Crippen LogP contribution < -0.4 is 5.32 Å². The molecule has 3 aromatic rings. The fourth-order valence-electron chi connectivity index (χ4n) is 2.57. The SMILES string of the molecule is O=C(Nc1nnc(C2CC2)s1)c1ccc(C(=O)C(=O)c2ccccc2)cc1. The van der Waals surface area contributed by atoms with Crippen molar-refractivity contribution in [1.82, 2.24) is 10.2 Å². The van der Waals surface area contributed by atoms with Crippen molar-refractivity contribution in [2.45, 2.75) is 18.8 Å². The van der Waals surface area contributed by atoms with Gasteiger partial charge in [0.15, 0.2) is 0 Å². The number of amides is 1. The van der Waals surface area contributed by atoms with Gasteiger partial charge in [-0.15, -0.1) is 10.2 Å². The van der Waals surface area contributed by atoms with Crippen LogP contribution in [0.3, 0.4) is 0 Å². The summed E-state index contributed by atoms with van der Waals surface area (Å²) in [7, 11) is 0. The van der Waals surface area contributed by atoms with Gasteiger partial charge < -0.3 is 0 Å². The van der Waals surface area contributed by atoms with Gasteiger partial charge in [-0.25, -0.2) is 0 Å². The summed E-state index contributed by atoms with van der Waals surface area (Å²) in [6.07, 6.45) is 2.25. The molecule has 1 aliphatic carbocycles. The lowest BCUT2D eigenvalue weighted by Gasteiger charge is -2.04. The number of anilines is 1. The Kier molecular flexibility index (Phi) is 4.60. The normalized spacial score (nSPS) is 13.2. The third-order valence-electron chi connectivity index (χ3n) is 4.24. The quantitative estimate of drug-likeness (QED) is 0.522. The van der Waals surface area contributed by atoms with Crippen LogP contribution in [0.25, 0.3) is 0 Å². The van der Waals surface area contributed by atoms with E-state index in [9.17, 15) is 14.4 Å². The van der Waals surface area contributed by atoms with Gasteiger partial charge in [-0.3, -0.25) is 19.7 Å². The summed E-state index contributed by atoms with van der Waals surface area (Å²) in [5.41, 5.74) is 0.960. The standard InChI is InChI=1S/C20H15N3O3S/c24-16(12-4-2-1-3-5-12)17(25)13-6-8-14(9-7-13)18(26)21-20-23-22-19(27-20)15-10-11-15/h1-9,15H,10-11H2,(H,21,23,26). The molecule has 1 N–H and O–H groups in total. The van der Waals surface area contributed by atoms with Crippen molar-refractivity contribution in [3.63, 3.8) is 0 Å². The van der Waals surface area contributed by atoms with Crippen LogP contribution in [0.1, 0.15) is 54.8 Å². The molecule has 1 saturated carbocycles. The molecule has 134 valence electrons. The highest BCUT2D eigenvalue weighted by molar-refractivity contribution is 7.15. The van der Waals surface area contributed by atoms with E-state index in [4.69, 9.17) is 0 Å². The molecule has 4 rings (SSSR count). The maximum absolute atomic E-state index is 12.3. The van der Waals surface area contributed by atoms with Crippen molar-refractivity contribution in [2.75, 3.05) is 5.32 Å². The number of benzene rings is 2. The predicted octanol–water partition coefficient (Wildman–Crippen LogP) is 3.73. The molecule has 0 bridgehead atoms. The zero-order valence-electron chi connectivity index (χ0n) is 14.2. The molecule has 27 heavy (non-hydrogen) atoms. The molecule has 0 radical (unpaired) electrons. The van der Waals surface area contributed by atoms with E-state index in [1.807, 2.05) is 0 Å². The molecule has 2 aromatic carbocycles. The van der Waals surface area contributed by atoms with E-state index in [1.165, 1.54) is 35.6 Å². The van der Waals surface area contributed by atoms with Gasteiger partial charge in [0.2, 0.25) is 16.7 Å². The Morgan fingerprint density at radius 2 is 1.41 bits per heavy atom. The number of nitrogens with one attached hydrogen (secondary N) is 1. The second-order valence-electron chi connectivity index (χ2n) is 6.28. The van der Waals surface area contributed by atoms with Crippen molar-refractivity contribution >= 4 is 33.9 Å². The van der Waals surface area contributed by atoms with Gasteiger partial charge in [-0.1, -0.05) is 53.8 Å². The van der Waals surface area contributed by atoms with Crippen LogP contribution in [0.4, 0.5) is 5.13 Å². The first-order valence-corrected chi connectivity index (χ1v) is 9.32. The second-order valence-corrected chi connectivity index (χ2v) is 7.28. The first kappa shape index (κ1) is 17.2. The van der Waals surface area contributed by atoms with Crippen molar-refractivity contribution in [2.24, 2.45) is 0 Å². The summed E-state index contributed by atoms with van der Waals surface area (Å²) in [6.45, 7) is 0. The van der Waals surface area contributed by atoms with Crippen molar-refractivity contribution in [1.29, 1.82) is 0 Å². The molecule has 0 atom stereocenters. The zero-order valence-corrected chi connectivity index (χ0v) is 15.0. The molecule has 0 aliphatic heterocycles.